The number of hydrogen-bond acceptors (Lipinski definition) is 2. The summed E-state index contributed by atoms with van der Waals surface area (Å²) in [6.07, 6.45) is 1.80. The lowest BCUT2D eigenvalue weighted by Gasteiger charge is -2.16. The Hall–Kier alpha value is -1.67. The molecule has 0 aliphatic heterocycles. The van der Waals surface area contributed by atoms with Gasteiger partial charge in [-0.1, -0.05) is 30.3 Å². The van der Waals surface area contributed by atoms with E-state index in [1.807, 2.05) is 31.2 Å². The average molecular weight is 212 g/mol. The molecule has 2 rings (SSSR count). The van der Waals surface area contributed by atoms with E-state index in [2.05, 4.69) is 24.0 Å². The largest absolute Gasteiger partial charge is 0.320 e. The van der Waals surface area contributed by atoms with Crippen molar-refractivity contribution in [2.75, 3.05) is 0 Å². The topological polar surface area (TPSA) is 38.9 Å². The third kappa shape index (κ3) is 1.97. The van der Waals surface area contributed by atoms with Crippen LogP contribution in [0.4, 0.5) is 0 Å². The summed E-state index contributed by atoms with van der Waals surface area (Å²) in [6, 6.07) is 12.1. The highest BCUT2D eigenvalue weighted by molar-refractivity contribution is 5.37. The van der Waals surface area contributed by atoms with Crippen molar-refractivity contribution in [3.8, 4) is 0 Å². The highest BCUT2D eigenvalue weighted by Gasteiger charge is 2.12. The Morgan fingerprint density at radius 1 is 1.00 bits per heavy atom. The molecule has 0 saturated carbocycles. The molecule has 0 amide bonds. The van der Waals surface area contributed by atoms with Crippen LogP contribution in [0, 0.1) is 13.8 Å². The maximum Gasteiger partial charge on any atom is 0.0572 e. The summed E-state index contributed by atoms with van der Waals surface area (Å²) in [7, 11) is 0. The fraction of sp³-hybridized carbons (Fsp3) is 0.214. The zero-order valence-corrected chi connectivity index (χ0v) is 9.64. The van der Waals surface area contributed by atoms with Crippen molar-refractivity contribution in [3.05, 3.63) is 65.0 Å². The zero-order valence-electron chi connectivity index (χ0n) is 9.64. The first-order chi connectivity index (χ1) is 7.70. The minimum Gasteiger partial charge on any atom is -0.320 e. The number of nitrogens with two attached hydrogens (primary N) is 1. The van der Waals surface area contributed by atoms with E-state index in [9.17, 15) is 0 Å². The number of hydrogen-bond donors (Lipinski definition) is 1. The van der Waals surface area contributed by atoms with Gasteiger partial charge in [0.2, 0.25) is 0 Å². The van der Waals surface area contributed by atoms with Crippen LogP contribution in [0.2, 0.25) is 0 Å². The van der Waals surface area contributed by atoms with Crippen molar-refractivity contribution < 1.29 is 0 Å². The molecule has 1 aromatic heterocycles. The summed E-state index contributed by atoms with van der Waals surface area (Å²) in [5, 5.41) is 0. The van der Waals surface area contributed by atoms with Gasteiger partial charge in [-0.3, -0.25) is 4.98 Å². The molecule has 1 unspecified atom stereocenters. The van der Waals surface area contributed by atoms with Gasteiger partial charge in [-0.2, -0.15) is 0 Å². The average Bonchev–Trinajstić information content (AvgIpc) is 2.29. The van der Waals surface area contributed by atoms with Crippen LogP contribution in [0.5, 0.6) is 0 Å². The maximum atomic E-state index is 6.28. The predicted octanol–water partition coefficient (Wildman–Crippen LogP) is 2.75. The van der Waals surface area contributed by atoms with E-state index in [4.69, 9.17) is 5.73 Å². The normalized spacial score (nSPS) is 12.4. The Labute approximate surface area is 96.1 Å². The summed E-state index contributed by atoms with van der Waals surface area (Å²) in [6.45, 7) is 4.08. The van der Waals surface area contributed by atoms with Crippen molar-refractivity contribution >= 4 is 0 Å². The molecule has 1 heterocycles. The summed E-state index contributed by atoms with van der Waals surface area (Å²) in [4.78, 5) is 4.28. The minimum absolute atomic E-state index is 0.0881. The molecule has 0 aliphatic carbocycles. The molecule has 1 atom stereocenters. The lowest BCUT2D eigenvalue weighted by atomic mass is 9.95. The molecule has 16 heavy (non-hydrogen) atoms. The van der Waals surface area contributed by atoms with Crippen LogP contribution in [0.25, 0.3) is 0 Å². The Bertz CT molecular complexity index is 446. The van der Waals surface area contributed by atoms with Crippen molar-refractivity contribution in [2.45, 2.75) is 19.9 Å². The first kappa shape index (κ1) is 10.8. The summed E-state index contributed by atoms with van der Waals surface area (Å²) < 4.78 is 0. The minimum atomic E-state index is -0.0881. The molecule has 2 heteroatoms. The van der Waals surface area contributed by atoms with E-state index in [0.29, 0.717) is 0 Å². The van der Waals surface area contributed by atoms with E-state index in [-0.39, 0.29) is 6.04 Å². The van der Waals surface area contributed by atoms with Crippen LogP contribution in [0.15, 0.2) is 42.6 Å². The molecule has 0 bridgehead atoms. The molecule has 1 aromatic carbocycles. The first-order valence-electron chi connectivity index (χ1n) is 5.43. The van der Waals surface area contributed by atoms with Gasteiger partial charge in [-0.15, -0.1) is 0 Å². The van der Waals surface area contributed by atoms with Gasteiger partial charge in [0, 0.05) is 11.9 Å². The van der Waals surface area contributed by atoms with Gasteiger partial charge in [0.15, 0.2) is 0 Å². The predicted molar refractivity (Wildman–Crippen MR) is 66.2 cm³/mol. The molecular formula is C14H16N2. The Morgan fingerprint density at radius 2 is 1.69 bits per heavy atom. The monoisotopic (exact) mass is 212 g/mol. The second-order valence-corrected chi connectivity index (χ2v) is 4.01. The van der Waals surface area contributed by atoms with E-state index >= 15 is 0 Å². The van der Waals surface area contributed by atoms with Crippen LogP contribution < -0.4 is 5.73 Å². The van der Waals surface area contributed by atoms with E-state index in [1.165, 1.54) is 11.1 Å². The standard InChI is InChI=1S/C14H16N2/c1-10-6-3-4-7-12(10)14(15)13-8-5-9-16-11(13)2/h3-9,14H,15H2,1-2H3. The van der Waals surface area contributed by atoms with Crippen LogP contribution >= 0.6 is 0 Å². The maximum absolute atomic E-state index is 6.28. The highest BCUT2D eigenvalue weighted by Crippen LogP contribution is 2.23. The quantitative estimate of drug-likeness (QED) is 0.831. The molecule has 82 valence electrons. The molecule has 0 spiro atoms. The van der Waals surface area contributed by atoms with Crippen LogP contribution in [-0.2, 0) is 0 Å². The van der Waals surface area contributed by atoms with Gasteiger partial charge in [-0.05, 0) is 36.6 Å². The van der Waals surface area contributed by atoms with E-state index in [0.717, 1.165) is 11.3 Å². The van der Waals surface area contributed by atoms with Gasteiger partial charge < -0.3 is 5.73 Å². The molecule has 0 radical (unpaired) electrons. The Balaban J connectivity index is 2.44. The second kappa shape index (κ2) is 4.45. The van der Waals surface area contributed by atoms with Gasteiger partial charge in [-0.25, -0.2) is 0 Å². The van der Waals surface area contributed by atoms with Crippen LogP contribution in [0.1, 0.15) is 28.4 Å². The highest BCUT2D eigenvalue weighted by atomic mass is 14.7. The molecule has 0 fully saturated rings. The van der Waals surface area contributed by atoms with Crippen LogP contribution in [0.3, 0.4) is 0 Å². The molecule has 2 nitrogen and oxygen atoms in total. The number of rotatable bonds is 2. The molecule has 0 aliphatic rings. The van der Waals surface area contributed by atoms with Crippen molar-refractivity contribution in [3.63, 3.8) is 0 Å². The second-order valence-electron chi connectivity index (χ2n) is 4.01. The summed E-state index contributed by atoms with van der Waals surface area (Å²) >= 11 is 0. The fourth-order valence-corrected chi connectivity index (χ4v) is 1.93. The Kier molecular flexibility index (Phi) is 3.02. The van der Waals surface area contributed by atoms with Crippen molar-refractivity contribution in [2.24, 2.45) is 5.73 Å². The molecular weight excluding hydrogens is 196 g/mol. The summed E-state index contributed by atoms with van der Waals surface area (Å²) in [5.74, 6) is 0. The molecule has 2 aromatic rings. The van der Waals surface area contributed by atoms with Crippen LogP contribution in [-0.4, -0.2) is 4.98 Å². The first-order valence-corrected chi connectivity index (χ1v) is 5.43. The Morgan fingerprint density at radius 3 is 2.38 bits per heavy atom. The number of pyridine rings is 1. The lowest BCUT2D eigenvalue weighted by Crippen LogP contribution is -2.14. The van der Waals surface area contributed by atoms with Crippen molar-refractivity contribution in [1.82, 2.24) is 4.98 Å². The number of nitrogens with zero attached hydrogens (tertiary/aromatic N) is 1. The third-order valence-electron chi connectivity index (χ3n) is 2.91. The van der Waals surface area contributed by atoms with Gasteiger partial charge >= 0.3 is 0 Å². The van der Waals surface area contributed by atoms with Crippen molar-refractivity contribution in [1.29, 1.82) is 0 Å². The SMILES string of the molecule is Cc1ccccc1C(N)c1cccnc1C. The van der Waals surface area contributed by atoms with Gasteiger partial charge in [0.25, 0.3) is 0 Å². The smallest absolute Gasteiger partial charge is 0.0572 e. The summed E-state index contributed by atoms with van der Waals surface area (Å²) in [5.41, 5.74) is 10.8. The van der Waals surface area contributed by atoms with E-state index < -0.39 is 0 Å². The lowest BCUT2D eigenvalue weighted by molar-refractivity contribution is 0.840. The van der Waals surface area contributed by atoms with E-state index in [1.54, 1.807) is 6.20 Å². The van der Waals surface area contributed by atoms with Gasteiger partial charge in [0.1, 0.15) is 0 Å². The number of benzene rings is 1. The molecule has 0 saturated heterocycles. The zero-order chi connectivity index (χ0) is 11.5. The number of aromatic nitrogens is 1. The number of aryl methyl sites for hydroxylation is 2. The fourth-order valence-electron chi connectivity index (χ4n) is 1.93. The molecule has 2 N–H and O–H groups in total. The third-order valence-corrected chi connectivity index (χ3v) is 2.91. The van der Waals surface area contributed by atoms with Gasteiger partial charge in [0.05, 0.1) is 6.04 Å².